The summed E-state index contributed by atoms with van der Waals surface area (Å²) < 4.78 is 0.762. The van der Waals surface area contributed by atoms with Gasteiger partial charge in [0.15, 0.2) is 0 Å². The molecule has 1 heterocycles. The molecule has 0 aromatic heterocycles. The van der Waals surface area contributed by atoms with E-state index in [1.165, 1.54) is 11.8 Å². The van der Waals surface area contributed by atoms with Gasteiger partial charge in [0.05, 0.1) is 4.91 Å². The number of halogens is 1. The number of thioether (sulfide) groups is 1. The Kier molecular flexibility index (Phi) is 1.71. The fourth-order valence-corrected chi connectivity index (χ4v) is 1.79. The minimum absolute atomic E-state index is 0.195. The number of amides is 1. The van der Waals surface area contributed by atoms with E-state index >= 15 is 0 Å². The second-order valence-corrected chi connectivity index (χ2v) is 4.03. The van der Waals surface area contributed by atoms with Crippen molar-refractivity contribution in [1.82, 2.24) is 0 Å². The third kappa shape index (κ3) is 1.11. The standard InChI is InChI=1S/C4H2INOS/c1-2-3(7)6-4(5)8-2/h1H2. The number of hydrogen-bond donors (Lipinski definition) is 0. The number of hydrogen-bond acceptors (Lipinski definition) is 2. The van der Waals surface area contributed by atoms with Crippen molar-refractivity contribution in [3.05, 3.63) is 11.5 Å². The Morgan fingerprint density at radius 1 is 1.75 bits per heavy atom. The van der Waals surface area contributed by atoms with E-state index in [1.807, 2.05) is 22.6 Å². The van der Waals surface area contributed by atoms with Crippen LogP contribution in [0, 0.1) is 0 Å². The van der Waals surface area contributed by atoms with Gasteiger partial charge in [0.25, 0.3) is 5.91 Å². The van der Waals surface area contributed by atoms with E-state index in [0.717, 1.165) is 3.05 Å². The number of carbonyl (C=O) groups is 1. The van der Waals surface area contributed by atoms with Crippen LogP contribution in [0.3, 0.4) is 0 Å². The molecular weight excluding hydrogens is 237 g/mol. The lowest BCUT2D eigenvalue weighted by Gasteiger charge is -1.79. The van der Waals surface area contributed by atoms with Crippen molar-refractivity contribution >= 4 is 43.3 Å². The van der Waals surface area contributed by atoms with Gasteiger partial charge in [-0.2, -0.15) is 4.99 Å². The predicted molar refractivity (Wildman–Crippen MR) is 43.2 cm³/mol. The number of nitrogens with zero attached hydrogens (tertiary/aromatic N) is 1. The van der Waals surface area contributed by atoms with Crippen molar-refractivity contribution in [2.45, 2.75) is 0 Å². The maximum Gasteiger partial charge on any atom is 0.284 e. The van der Waals surface area contributed by atoms with Gasteiger partial charge in [-0.3, -0.25) is 4.79 Å². The van der Waals surface area contributed by atoms with Gasteiger partial charge in [-0.05, 0) is 22.6 Å². The Balaban J connectivity index is 2.85. The molecule has 1 rings (SSSR count). The lowest BCUT2D eigenvalue weighted by molar-refractivity contribution is -0.113. The van der Waals surface area contributed by atoms with Crippen LogP contribution in [0.15, 0.2) is 16.5 Å². The third-order valence-electron chi connectivity index (χ3n) is 0.635. The Morgan fingerprint density at radius 3 is 2.50 bits per heavy atom. The highest BCUT2D eigenvalue weighted by atomic mass is 127. The SMILES string of the molecule is C=C1SC(I)=NC1=O. The molecule has 4 heteroatoms. The van der Waals surface area contributed by atoms with E-state index in [4.69, 9.17) is 0 Å². The summed E-state index contributed by atoms with van der Waals surface area (Å²) in [6.45, 7) is 3.48. The first-order valence-electron chi connectivity index (χ1n) is 1.85. The van der Waals surface area contributed by atoms with Gasteiger partial charge in [-0.15, -0.1) is 0 Å². The molecule has 1 amide bonds. The molecule has 0 saturated heterocycles. The van der Waals surface area contributed by atoms with Crippen LogP contribution in [0.4, 0.5) is 0 Å². The van der Waals surface area contributed by atoms with Crippen LogP contribution < -0.4 is 0 Å². The van der Waals surface area contributed by atoms with Gasteiger partial charge < -0.3 is 0 Å². The van der Waals surface area contributed by atoms with Gasteiger partial charge in [0.1, 0.15) is 3.05 Å². The van der Waals surface area contributed by atoms with Crippen LogP contribution >= 0.6 is 34.4 Å². The average molecular weight is 239 g/mol. The molecule has 0 bridgehead atoms. The van der Waals surface area contributed by atoms with Crippen LogP contribution in [0.5, 0.6) is 0 Å². The zero-order valence-corrected chi connectivity index (χ0v) is 6.82. The quantitative estimate of drug-likeness (QED) is 0.474. The molecule has 42 valence electrons. The van der Waals surface area contributed by atoms with E-state index < -0.39 is 0 Å². The first kappa shape index (κ1) is 6.28. The monoisotopic (exact) mass is 239 g/mol. The van der Waals surface area contributed by atoms with Crippen LogP contribution in [-0.2, 0) is 4.79 Å². The largest absolute Gasteiger partial charge is 0.284 e. The molecule has 0 radical (unpaired) electrons. The van der Waals surface area contributed by atoms with Crippen LogP contribution in [0.25, 0.3) is 0 Å². The van der Waals surface area contributed by atoms with Crippen molar-refractivity contribution in [3.63, 3.8) is 0 Å². The number of rotatable bonds is 0. The summed E-state index contributed by atoms with van der Waals surface area (Å²) in [6.07, 6.45) is 0. The van der Waals surface area contributed by atoms with Crippen LogP contribution in [-0.4, -0.2) is 8.96 Å². The summed E-state index contributed by atoms with van der Waals surface area (Å²) in [6, 6.07) is 0. The highest BCUT2D eigenvalue weighted by Crippen LogP contribution is 2.27. The van der Waals surface area contributed by atoms with Gasteiger partial charge in [-0.25, -0.2) is 0 Å². The van der Waals surface area contributed by atoms with Crippen molar-refractivity contribution in [3.8, 4) is 0 Å². The number of carbonyl (C=O) groups excluding carboxylic acids is 1. The van der Waals surface area contributed by atoms with Gasteiger partial charge in [0.2, 0.25) is 0 Å². The van der Waals surface area contributed by atoms with Gasteiger partial charge in [-0.1, -0.05) is 18.3 Å². The topological polar surface area (TPSA) is 29.4 Å². The maximum atomic E-state index is 10.5. The molecule has 1 aliphatic heterocycles. The van der Waals surface area contributed by atoms with E-state index in [-0.39, 0.29) is 5.91 Å². The van der Waals surface area contributed by atoms with E-state index in [0.29, 0.717) is 4.91 Å². The van der Waals surface area contributed by atoms with E-state index in [9.17, 15) is 4.79 Å². The summed E-state index contributed by atoms with van der Waals surface area (Å²) in [5.41, 5.74) is 0. The van der Waals surface area contributed by atoms with Crippen molar-refractivity contribution in [2.75, 3.05) is 0 Å². The highest BCUT2D eigenvalue weighted by molar-refractivity contribution is 14.1. The molecule has 1 aliphatic rings. The smallest absolute Gasteiger partial charge is 0.266 e. The summed E-state index contributed by atoms with van der Waals surface area (Å²) in [7, 11) is 0. The summed E-state index contributed by atoms with van der Waals surface area (Å²) in [5.74, 6) is -0.195. The molecule has 0 atom stereocenters. The van der Waals surface area contributed by atoms with E-state index in [1.54, 1.807) is 0 Å². The van der Waals surface area contributed by atoms with Gasteiger partial charge >= 0.3 is 0 Å². The summed E-state index contributed by atoms with van der Waals surface area (Å²) in [4.78, 5) is 14.6. The molecular formula is C4H2INOS. The molecule has 0 aromatic rings. The minimum atomic E-state index is -0.195. The third-order valence-corrected chi connectivity index (χ3v) is 2.22. The van der Waals surface area contributed by atoms with Gasteiger partial charge in [0, 0.05) is 0 Å². The molecule has 0 spiro atoms. The molecule has 0 aromatic carbocycles. The molecule has 0 N–H and O–H groups in total. The zero-order chi connectivity index (χ0) is 6.15. The van der Waals surface area contributed by atoms with Crippen LogP contribution in [0.1, 0.15) is 0 Å². The predicted octanol–water partition coefficient (Wildman–Crippen LogP) is 1.56. The fourth-order valence-electron chi connectivity index (χ4n) is 0.310. The molecule has 0 aliphatic carbocycles. The Labute approximate surface area is 64.6 Å². The minimum Gasteiger partial charge on any atom is -0.266 e. The van der Waals surface area contributed by atoms with Crippen molar-refractivity contribution < 1.29 is 4.79 Å². The molecule has 2 nitrogen and oxygen atoms in total. The lowest BCUT2D eigenvalue weighted by atomic mass is 10.6. The Bertz CT molecular complexity index is 186. The lowest BCUT2D eigenvalue weighted by Crippen LogP contribution is -1.83. The second-order valence-electron chi connectivity index (χ2n) is 1.20. The average Bonchev–Trinajstić information content (AvgIpc) is 1.85. The Morgan fingerprint density at radius 2 is 2.38 bits per heavy atom. The Hall–Kier alpha value is 0.160. The molecule has 0 fully saturated rings. The zero-order valence-electron chi connectivity index (χ0n) is 3.85. The first-order valence-corrected chi connectivity index (χ1v) is 3.75. The number of aliphatic imine (C=N–C) groups is 1. The molecule has 8 heavy (non-hydrogen) atoms. The second kappa shape index (κ2) is 2.18. The molecule has 0 saturated carbocycles. The van der Waals surface area contributed by atoms with E-state index in [2.05, 4.69) is 11.6 Å². The highest BCUT2D eigenvalue weighted by Gasteiger charge is 2.16. The summed E-state index contributed by atoms with van der Waals surface area (Å²) >= 11 is 3.31. The van der Waals surface area contributed by atoms with Crippen molar-refractivity contribution in [1.29, 1.82) is 0 Å². The molecule has 0 unspecified atom stereocenters. The maximum absolute atomic E-state index is 10.5. The van der Waals surface area contributed by atoms with Crippen molar-refractivity contribution in [2.24, 2.45) is 4.99 Å². The fraction of sp³-hybridized carbons (Fsp3) is 0. The summed E-state index contributed by atoms with van der Waals surface area (Å²) in [5, 5.41) is 0. The first-order chi connectivity index (χ1) is 3.70. The van der Waals surface area contributed by atoms with Crippen LogP contribution in [0.2, 0.25) is 0 Å². The normalized spacial score (nSPS) is 19.4.